The molecule has 3 heterocycles. The van der Waals surface area contributed by atoms with Gasteiger partial charge < -0.3 is 20.4 Å². The van der Waals surface area contributed by atoms with Gasteiger partial charge in [0.05, 0.1) is 28.7 Å². The summed E-state index contributed by atoms with van der Waals surface area (Å²) in [5.41, 5.74) is 10.8. The van der Waals surface area contributed by atoms with Crippen LogP contribution in [-0.4, -0.2) is 72.1 Å². The molecule has 2 aromatic carbocycles. The van der Waals surface area contributed by atoms with E-state index < -0.39 is 0 Å². The number of pyridine rings is 1. The molecule has 4 aromatic rings. The zero-order valence-corrected chi connectivity index (χ0v) is 18.9. The molecule has 0 unspecified atom stereocenters. The minimum atomic E-state index is -0.368. The van der Waals surface area contributed by atoms with Crippen LogP contribution in [0, 0.1) is 0 Å². The summed E-state index contributed by atoms with van der Waals surface area (Å²) in [7, 11) is 2.16. The van der Waals surface area contributed by atoms with Crippen LogP contribution in [0.15, 0.2) is 54.6 Å². The molecule has 170 valence electrons. The number of carbonyl (C=O) groups excluding carboxylic acids is 1. The Hall–Kier alpha value is -3.42. The summed E-state index contributed by atoms with van der Waals surface area (Å²) in [4.78, 5) is 24.9. The molecule has 7 nitrogen and oxygen atoms in total. The standard InChI is InChI=1S/C26H29N5O2/c1-30-9-11-31(12-10-30)13-14-33-20-7-8-21-23(17-20)29-25-19(16-24(27)32)15-22(28-26(21)25)18-5-3-2-4-6-18/h2-8,15,17,29H,9-14,16H2,1H3,(H2,27,32). The van der Waals surface area contributed by atoms with Gasteiger partial charge in [-0.1, -0.05) is 30.3 Å². The Bertz CT molecular complexity index is 1280. The highest BCUT2D eigenvalue weighted by atomic mass is 16.5. The minimum Gasteiger partial charge on any atom is -0.492 e. The SMILES string of the molecule is CN1CCN(CCOc2ccc3c(c2)[nH]c2c(CC(N)=O)cc(-c4ccccc4)nc23)CC1. The van der Waals surface area contributed by atoms with Gasteiger partial charge in [-0.25, -0.2) is 4.98 Å². The Morgan fingerprint density at radius 3 is 2.64 bits per heavy atom. The number of carbonyl (C=O) groups is 1. The van der Waals surface area contributed by atoms with Crippen molar-refractivity contribution in [3.8, 4) is 17.0 Å². The van der Waals surface area contributed by atoms with Gasteiger partial charge >= 0.3 is 0 Å². The number of amides is 1. The molecule has 5 rings (SSSR count). The lowest BCUT2D eigenvalue weighted by Crippen LogP contribution is -2.45. The maximum Gasteiger partial charge on any atom is 0.221 e. The number of nitrogens with two attached hydrogens (primary N) is 1. The van der Waals surface area contributed by atoms with Gasteiger partial charge in [-0.3, -0.25) is 9.69 Å². The number of primary amides is 1. The van der Waals surface area contributed by atoms with Gasteiger partial charge in [-0.2, -0.15) is 0 Å². The summed E-state index contributed by atoms with van der Waals surface area (Å²) < 4.78 is 6.06. The molecule has 1 saturated heterocycles. The van der Waals surface area contributed by atoms with Gasteiger partial charge in [-0.15, -0.1) is 0 Å². The third-order valence-electron chi connectivity index (χ3n) is 6.31. The first-order valence-corrected chi connectivity index (χ1v) is 11.4. The van der Waals surface area contributed by atoms with Crippen LogP contribution in [-0.2, 0) is 11.2 Å². The number of H-pyrrole nitrogens is 1. The maximum atomic E-state index is 11.8. The van der Waals surface area contributed by atoms with E-state index in [1.54, 1.807) is 0 Å². The molecule has 3 N–H and O–H groups in total. The van der Waals surface area contributed by atoms with Crippen LogP contribution in [0.4, 0.5) is 0 Å². The molecule has 1 amide bonds. The third kappa shape index (κ3) is 4.69. The molecular weight excluding hydrogens is 414 g/mol. The van der Waals surface area contributed by atoms with Crippen LogP contribution in [0.5, 0.6) is 5.75 Å². The second kappa shape index (κ2) is 9.21. The molecule has 0 aliphatic carbocycles. The van der Waals surface area contributed by atoms with E-state index in [9.17, 15) is 4.79 Å². The van der Waals surface area contributed by atoms with E-state index >= 15 is 0 Å². The van der Waals surface area contributed by atoms with Gasteiger partial charge in [0, 0.05) is 49.7 Å². The Kier molecular flexibility index (Phi) is 5.98. The van der Waals surface area contributed by atoms with Crippen molar-refractivity contribution in [2.45, 2.75) is 6.42 Å². The minimum absolute atomic E-state index is 0.153. The van der Waals surface area contributed by atoms with E-state index in [0.29, 0.717) is 6.61 Å². The monoisotopic (exact) mass is 443 g/mol. The quantitative estimate of drug-likeness (QED) is 0.458. The predicted molar refractivity (Wildman–Crippen MR) is 131 cm³/mol. The number of nitrogens with one attached hydrogen (secondary N) is 1. The number of rotatable bonds is 7. The fraction of sp³-hybridized carbons (Fsp3) is 0.308. The molecule has 33 heavy (non-hydrogen) atoms. The highest BCUT2D eigenvalue weighted by Gasteiger charge is 2.16. The number of likely N-dealkylation sites (N-methyl/N-ethyl adjacent to an activating group) is 1. The average Bonchev–Trinajstić information content (AvgIpc) is 3.19. The van der Waals surface area contributed by atoms with Crippen LogP contribution in [0.3, 0.4) is 0 Å². The van der Waals surface area contributed by atoms with Gasteiger partial charge in [0.15, 0.2) is 0 Å². The van der Waals surface area contributed by atoms with Crippen molar-refractivity contribution in [3.05, 3.63) is 60.2 Å². The number of benzene rings is 2. The van der Waals surface area contributed by atoms with Crippen molar-refractivity contribution in [2.24, 2.45) is 5.73 Å². The van der Waals surface area contributed by atoms with E-state index in [1.165, 1.54) is 0 Å². The van der Waals surface area contributed by atoms with E-state index in [-0.39, 0.29) is 12.3 Å². The van der Waals surface area contributed by atoms with Crippen molar-refractivity contribution in [1.29, 1.82) is 0 Å². The van der Waals surface area contributed by atoms with E-state index in [0.717, 1.165) is 77.2 Å². The van der Waals surface area contributed by atoms with Crippen molar-refractivity contribution in [1.82, 2.24) is 19.8 Å². The first kappa shape index (κ1) is 21.4. The normalized spacial score (nSPS) is 15.3. The van der Waals surface area contributed by atoms with E-state index in [1.807, 2.05) is 54.6 Å². The number of fused-ring (bicyclic) bond motifs is 3. The second-order valence-electron chi connectivity index (χ2n) is 8.73. The highest BCUT2D eigenvalue weighted by molar-refractivity contribution is 6.07. The zero-order valence-electron chi connectivity index (χ0n) is 18.9. The smallest absolute Gasteiger partial charge is 0.221 e. The largest absolute Gasteiger partial charge is 0.492 e. The van der Waals surface area contributed by atoms with Crippen molar-refractivity contribution >= 4 is 27.8 Å². The van der Waals surface area contributed by atoms with Gasteiger partial charge in [0.1, 0.15) is 12.4 Å². The molecule has 0 spiro atoms. The number of aromatic amines is 1. The topological polar surface area (TPSA) is 87.5 Å². The molecule has 0 radical (unpaired) electrons. The van der Waals surface area contributed by atoms with Crippen LogP contribution < -0.4 is 10.5 Å². The number of hydrogen-bond acceptors (Lipinski definition) is 5. The Labute approximate surface area is 193 Å². The predicted octanol–water partition coefficient (Wildman–Crippen LogP) is 3.04. The van der Waals surface area contributed by atoms with Gasteiger partial charge in [0.2, 0.25) is 5.91 Å². The van der Waals surface area contributed by atoms with Gasteiger partial charge in [0.25, 0.3) is 0 Å². The average molecular weight is 444 g/mol. The Morgan fingerprint density at radius 1 is 1.09 bits per heavy atom. The number of hydrogen-bond donors (Lipinski definition) is 2. The van der Waals surface area contributed by atoms with Crippen LogP contribution in [0.25, 0.3) is 33.2 Å². The molecule has 2 aromatic heterocycles. The summed E-state index contributed by atoms with van der Waals surface area (Å²) in [6, 6.07) is 18.0. The lowest BCUT2D eigenvalue weighted by Gasteiger charge is -2.32. The number of nitrogens with zero attached hydrogens (tertiary/aromatic N) is 3. The molecule has 1 aliphatic rings. The fourth-order valence-electron chi connectivity index (χ4n) is 4.44. The van der Waals surface area contributed by atoms with Gasteiger partial charge in [-0.05, 0) is 30.8 Å². The zero-order chi connectivity index (χ0) is 22.8. The van der Waals surface area contributed by atoms with Crippen LogP contribution >= 0.6 is 0 Å². The molecule has 7 heteroatoms. The van der Waals surface area contributed by atoms with E-state index in [4.69, 9.17) is 15.5 Å². The number of aromatic nitrogens is 2. The molecule has 0 bridgehead atoms. The summed E-state index contributed by atoms with van der Waals surface area (Å²) in [5, 5.41) is 1.000. The van der Waals surface area contributed by atoms with Crippen LogP contribution in [0.1, 0.15) is 5.56 Å². The van der Waals surface area contributed by atoms with Crippen molar-refractivity contribution in [2.75, 3.05) is 46.4 Å². The Balaban J connectivity index is 1.43. The maximum absolute atomic E-state index is 11.8. The van der Waals surface area contributed by atoms with Crippen molar-refractivity contribution in [3.63, 3.8) is 0 Å². The molecule has 0 atom stereocenters. The summed E-state index contributed by atoms with van der Waals surface area (Å²) in [5.74, 6) is 0.455. The molecule has 0 saturated carbocycles. The Morgan fingerprint density at radius 2 is 1.88 bits per heavy atom. The fourth-order valence-corrected chi connectivity index (χ4v) is 4.44. The first-order chi connectivity index (χ1) is 16.1. The number of piperazine rings is 1. The summed E-state index contributed by atoms with van der Waals surface area (Å²) in [6.07, 6.45) is 0.153. The lowest BCUT2D eigenvalue weighted by molar-refractivity contribution is -0.117. The summed E-state index contributed by atoms with van der Waals surface area (Å²) >= 11 is 0. The molecular formula is C26H29N5O2. The first-order valence-electron chi connectivity index (χ1n) is 11.4. The molecule has 1 aliphatic heterocycles. The van der Waals surface area contributed by atoms with Crippen LogP contribution in [0.2, 0.25) is 0 Å². The molecule has 1 fully saturated rings. The van der Waals surface area contributed by atoms with E-state index in [2.05, 4.69) is 21.8 Å². The highest BCUT2D eigenvalue weighted by Crippen LogP contribution is 2.32. The lowest BCUT2D eigenvalue weighted by atomic mass is 10.0. The second-order valence-corrected chi connectivity index (χ2v) is 8.73. The number of ether oxygens (including phenoxy) is 1. The summed E-state index contributed by atoms with van der Waals surface area (Å²) in [6.45, 7) is 5.94. The third-order valence-corrected chi connectivity index (χ3v) is 6.31. The van der Waals surface area contributed by atoms with Crippen molar-refractivity contribution < 1.29 is 9.53 Å².